The van der Waals surface area contributed by atoms with Crippen LogP contribution in [0.5, 0.6) is 0 Å². The lowest BCUT2D eigenvalue weighted by molar-refractivity contribution is -0.143. The Morgan fingerprint density at radius 2 is 2.05 bits per heavy atom. The van der Waals surface area contributed by atoms with Gasteiger partial charge in [-0.3, -0.25) is 0 Å². The summed E-state index contributed by atoms with van der Waals surface area (Å²) < 4.78 is 9.80. The van der Waals surface area contributed by atoms with E-state index in [1.54, 1.807) is 26.8 Å². The third-order valence-corrected chi connectivity index (χ3v) is 2.71. The third-order valence-electron chi connectivity index (χ3n) is 2.71. The lowest BCUT2D eigenvalue weighted by atomic mass is 10.2. The minimum atomic E-state index is -0.762. The molecule has 0 saturated heterocycles. The number of esters is 1. The highest BCUT2D eigenvalue weighted by Gasteiger charge is 2.24. The summed E-state index contributed by atoms with van der Waals surface area (Å²) in [5.74, 6) is -0.506. The van der Waals surface area contributed by atoms with Gasteiger partial charge in [0.15, 0.2) is 0 Å². The standard InChI is InChI=1S/C16H23NO4/c1-11-10-12(11)8-6-7-9-13(14(18)20-5)17-15(19)21-16(2,3)4/h6-8,13H,1,9-10H2,2-5H3,(H,17,19)/b7-6+,12-8-. The number of methoxy groups -OCH3 is 1. The molecule has 1 rings (SSSR count). The van der Waals surface area contributed by atoms with Crippen LogP contribution in [-0.4, -0.2) is 30.8 Å². The summed E-state index contributed by atoms with van der Waals surface area (Å²) in [7, 11) is 1.28. The second-order valence-electron chi connectivity index (χ2n) is 5.86. The van der Waals surface area contributed by atoms with Crippen molar-refractivity contribution in [3.63, 3.8) is 0 Å². The maximum absolute atomic E-state index is 11.7. The molecular weight excluding hydrogens is 270 g/mol. The van der Waals surface area contributed by atoms with Crippen LogP contribution < -0.4 is 5.32 Å². The summed E-state index contributed by atoms with van der Waals surface area (Å²) in [5.41, 5.74) is 1.73. The van der Waals surface area contributed by atoms with Crippen LogP contribution in [0.2, 0.25) is 0 Å². The van der Waals surface area contributed by atoms with Gasteiger partial charge in [0, 0.05) is 0 Å². The molecule has 1 unspecified atom stereocenters. The molecule has 0 heterocycles. The van der Waals surface area contributed by atoms with Gasteiger partial charge < -0.3 is 14.8 Å². The zero-order valence-electron chi connectivity index (χ0n) is 13.1. The molecule has 21 heavy (non-hydrogen) atoms. The van der Waals surface area contributed by atoms with Crippen LogP contribution in [0.3, 0.4) is 0 Å². The number of nitrogens with one attached hydrogen (secondary N) is 1. The Hall–Kier alpha value is -2.04. The van der Waals surface area contributed by atoms with Crippen molar-refractivity contribution >= 4 is 12.1 Å². The fourth-order valence-corrected chi connectivity index (χ4v) is 1.57. The Labute approximate surface area is 125 Å². The molecule has 5 nitrogen and oxygen atoms in total. The normalized spacial score (nSPS) is 17.7. The third kappa shape index (κ3) is 6.79. The molecular formula is C16H23NO4. The van der Waals surface area contributed by atoms with Crippen LogP contribution >= 0.6 is 0 Å². The Kier molecular flexibility index (Phi) is 5.76. The first-order chi connectivity index (χ1) is 9.73. The van der Waals surface area contributed by atoms with Crippen LogP contribution in [0, 0.1) is 0 Å². The first-order valence-electron chi connectivity index (χ1n) is 6.84. The van der Waals surface area contributed by atoms with Crippen molar-refractivity contribution in [2.24, 2.45) is 0 Å². The molecule has 1 aliphatic carbocycles. The van der Waals surface area contributed by atoms with E-state index >= 15 is 0 Å². The van der Waals surface area contributed by atoms with Crippen LogP contribution in [0.25, 0.3) is 0 Å². The van der Waals surface area contributed by atoms with Gasteiger partial charge in [-0.2, -0.15) is 0 Å². The maximum Gasteiger partial charge on any atom is 0.408 e. The lowest BCUT2D eigenvalue weighted by Gasteiger charge is -2.22. The van der Waals surface area contributed by atoms with Gasteiger partial charge >= 0.3 is 12.1 Å². The van der Waals surface area contributed by atoms with E-state index in [9.17, 15) is 9.59 Å². The van der Waals surface area contributed by atoms with Crippen LogP contribution in [0.15, 0.2) is 36.0 Å². The van der Waals surface area contributed by atoms with E-state index in [1.165, 1.54) is 12.7 Å². The fourth-order valence-electron chi connectivity index (χ4n) is 1.57. The smallest absolute Gasteiger partial charge is 0.408 e. The number of rotatable bonds is 5. The molecule has 1 atom stereocenters. The Morgan fingerprint density at radius 1 is 1.43 bits per heavy atom. The molecule has 0 aliphatic heterocycles. The van der Waals surface area contributed by atoms with Gasteiger partial charge in [0.1, 0.15) is 11.6 Å². The molecule has 0 aromatic carbocycles. The first-order valence-corrected chi connectivity index (χ1v) is 6.84. The monoisotopic (exact) mass is 293 g/mol. The molecule has 0 bridgehead atoms. The van der Waals surface area contributed by atoms with Gasteiger partial charge in [-0.05, 0) is 44.8 Å². The Morgan fingerprint density at radius 3 is 2.52 bits per heavy atom. The van der Waals surface area contributed by atoms with E-state index in [2.05, 4.69) is 16.6 Å². The predicted octanol–water partition coefficient (Wildman–Crippen LogP) is 2.89. The second kappa shape index (κ2) is 7.11. The van der Waals surface area contributed by atoms with Gasteiger partial charge in [-0.1, -0.05) is 24.8 Å². The van der Waals surface area contributed by atoms with Crippen molar-refractivity contribution in [2.75, 3.05) is 7.11 Å². The number of amides is 1. The molecule has 1 saturated carbocycles. The van der Waals surface area contributed by atoms with E-state index in [1.807, 2.05) is 12.2 Å². The van der Waals surface area contributed by atoms with Crippen LogP contribution in [0.4, 0.5) is 4.79 Å². The summed E-state index contributed by atoms with van der Waals surface area (Å²) in [6.07, 6.45) is 6.24. The van der Waals surface area contributed by atoms with E-state index in [0.29, 0.717) is 6.42 Å². The molecule has 116 valence electrons. The molecule has 0 radical (unpaired) electrons. The summed E-state index contributed by atoms with van der Waals surface area (Å²) in [5, 5.41) is 2.51. The maximum atomic E-state index is 11.7. The van der Waals surface area contributed by atoms with Crippen molar-refractivity contribution in [2.45, 2.75) is 45.3 Å². The van der Waals surface area contributed by atoms with Crippen molar-refractivity contribution in [1.29, 1.82) is 0 Å². The lowest BCUT2D eigenvalue weighted by Crippen LogP contribution is -2.43. The van der Waals surface area contributed by atoms with Gasteiger partial charge in [-0.15, -0.1) is 0 Å². The summed E-state index contributed by atoms with van der Waals surface area (Å²) in [6.45, 7) is 9.10. The number of carbonyl (C=O) groups is 2. The number of carbonyl (C=O) groups excluding carboxylic acids is 2. The fraction of sp³-hybridized carbons (Fsp3) is 0.500. The molecule has 1 aliphatic rings. The second-order valence-corrected chi connectivity index (χ2v) is 5.86. The van der Waals surface area contributed by atoms with E-state index < -0.39 is 23.7 Å². The average molecular weight is 293 g/mol. The van der Waals surface area contributed by atoms with Crippen molar-refractivity contribution in [3.05, 3.63) is 36.0 Å². The van der Waals surface area contributed by atoms with Gasteiger partial charge in [-0.25, -0.2) is 9.59 Å². The molecule has 5 heteroatoms. The zero-order valence-corrected chi connectivity index (χ0v) is 13.1. The molecule has 0 aromatic rings. The number of alkyl carbamates (subject to hydrolysis) is 1. The first kappa shape index (κ1) is 17.0. The average Bonchev–Trinajstić information content (AvgIpc) is 3.06. The number of hydrogen-bond donors (Lipinski definition) is 1. The summed E-state index contributed by atoms with van der Waals surface area (Å²) >= 11 is 0. The SMILES string of the molecule is C=C1C/C1=C/C=C/CC(NC(=O)OC(C)(C)C)C(=O)OC. The Bertz CT molecular complexity index is 483. The van der Waals surface area contributed by atoms with E-state index in [-0.39, 0.29) is 0 Å². The predicted molar refractivity (Wildman–Crippen MR) is 80.8 cm³/mol. The minimum Gasteiger partial charge on any atom is -0.467 e. The van der Waals surface area contributed by atoms with E-state index in [4.69, 9.17) is 4.74 Å². The summed E-state index contributed by atoms with van der Waals surface area (Å²) in [6, 6.07) is -0.762. The zero-order chi connectivity index (χ0) is 16.0. The number of hydrogen-bond acceptors (Lipinski definition) is 4. The Balaban J connectivity index is 2.53. The van der Waals surface area contributed by atoms with Gasteiger partial charge in [0.25, 0.3) is 0 Å². The number of ether oxygens (including phenoxy) is 2. The molecule has 1 fully saturated rings. The largest absolute Gasteiger partial charge is 0.467 e. The number of allylic oxidation sites excluding steroid dienone is 4. The van der Waals surface area contributed by atoms with E-state index in [0.717, 1.165) is 12.0 Å². The summed E-state index contributed by atoms with van der Waals surface area (Å²) in [4.78, 5) is 23.3. The molecule has 0 aromatic heterocycles. The van der Waals surface area contributed by atoms with Crippen molar-refractivity contribution in [3.8, 4) is 0 Å². The van der Waals surface area contributed by atoms with Crippen LogP contribution in [0.1, 0.15) is 33.6 Å². The van der Waals surface area contributed by atoms with Crippen molar-refractivity contribution in [1.82, 2.24) is 5.32 Å². The van der Waals surface area contributed by atoms with Gasteiger partial charge in [0.2, 0.25) is 0 Å². The highest BCUT2D eigenvalue weighted by Crippen LogP contribution is 2.34. The highest BCUT2D eigenvalue weighted by molar-refractivity contribution is 5.81. The van der Waals surface area contributed by atoms with Crippen LogP contribution in [-0.2, 0) is 14.3 Å². The minimum absolute atomic E-state index is 0.335. The molecule has 1 amide bonds. The molecule has 0 spiro atoms. The topological polar surface area (TPSA) is 64.6 Å². The molecule has 1 N–H and O–H groups in total. The highest BCUT2D eigenvalue weighted by atomic mass is 16.6. The van der Waals surface area contributed by atoms with Gasteiger partial charge in [0.05, 0.1) is 7.11 Å². The van der Waals surface area contributed by atoms with Crippen molar-refractivity contribution < 1.29 is 19.1 Å². The quantitative estimate of drug-likeness (QED) is 0.792.